The third-order valence-electron chi connectivity index (χ3n) is 4.16. The number of rotatable bonds is 2. The van der Waals surface area contributed by atoms with E-state index in [0.29, 0.717) is 6.54 Å². The average molecular weight is 351 g/mol. The summed E-state index contributed by atoms with van der Waals surface area (Å²) in [6, 6.07) is 9.87. The Morgan fingerprint density at radius 1 is 1.24 bits per heavy atom. The summed E-state index contributed by atoms with van der Waals surface area (Å²) in [6.07, 6.45) is 1.72. The van der Waals surface area contributed by atoms with Crippen LogP contribution < -0.4 is 9.78 Å². The molecule has 2 aliphatic rings. The molecule has 5 heteroatoms. The zero-order valence-corrected chi connectivity index (χ0v) is 14.0. The van der Waals surface area contributed by atoms with Crippen LogP contribution in [0.1, 0.15) is 26.7 Å². The molecule has 3 rings (SSSR count). The topological polar surface area (TPSA) is 49.4 Å². The molecule has 0 aromatic heterocycles. The van der Waals surface area contributed by atoms with Gasteiger partial charge in [0.15, 0.2) is 0 Å². The van der Waals surface area contributed by atoms with Crippen LogP contribution in [0.3, 0.4) is 0 Å². The maximum atomic E-state index is 12.9. The standard InChI is InChI=1S/C16H20N2O2Se/c1-16(2)13(21-11-7-4-3-5-8-11)15(20)18-10-6-9-12(18)14(19)17-16/h3-5,7-8,12-13H,6,9-10H2,1-2H3,(H,17,19)/t12-,13-/m0/s1. The van der Waals surface area contributed by atoms with Gasteiger partial charge in [-0.05, 0) is 0 Å². The van der Waals surface area contributed by atoms with Gasteiger partial charge in [0.25, 0.3) is 0 Å². The molecule has 2 atom stereocenters. The normalized spacial score (nSPS) is 28.0. The molecule has 0 unspecified atom stereocenters. The molecule has 0 radical (unpaired) electrons. The number of hydrogen-bond acceptors (Lipinski definition) is 2. The Morgan fingerprint density at radius 2 is 1.95 bits per heavy atom. The van der Waals surface area contributed by atoms with Crippen LogP contribution in [0.5, 0.6) is 0 Å². The van der Waals surface area contributed by atoms with Crippen molar-refractivity contribution in [2.45, 2.75) is 43.1 Å². The maximum absolute atomic E-state index is 12.9. The van der Waals surface area contributed by atoms with E-state index in [1.165, 1.54) is 4.46 Å². The second-order valence-corrected chi connectivity index (χ2v) is 8.68. The zero-order chi connectivity index (χ0) is 15.0. The third-order valence-corrected chi connectivity index (χ3v) is 7.46. The van der Waals surface area contributed by atoms with Gasteiger partial charge in [-0.2, -0.15) is 0 Å². The van der Waals surface area contributed by atoms with Crippen LogP contribution in [0.15, 0.2) is 30.3 Å². The number of nitrogens with one attached hydrogen (secondary N) is 1. The Balaban J connectivity index is 1.92. The van der Waals surface area contributed by atoms with E-state index in [2.05, 4.69) is 17.4 Å². The summed E-state index contributed by atoms with van der Waals surface area (Å²) in [4.78, 5) is 27.0. The van der Waals surface area contributed by atoms with E-state index in [0.717, 1.165) is 12.8 Å². The fourth-order valence-electron chi connectivity index (χ4n) is 3.06. The Morgan fingerprint density at radius 3 is 2.67 bits per heavy atom. The van der Waals surface area contributed by atoms with Gasteiger partial charge in [0.05, 0.1) is 0 Å². The molecule has 2 saturated heterocycles. The molecular weight excluding hydrogens is 331 g/mol. The van der Waals surface area contributed by atoms with E-state index in [9.17, 15) is 9.59 Å². The second-order valence-electron chi connectivity index (χ2n) is 6.21. The third kappa shape index (κ3) is 2.72. The van der Waals surface area contributed by atoms with Gasteiger partial charge in [-0.25, -0.2) is 0 Å². The van der Waals surface area contributed by atoms with Gasteiger partial charge in [-0.3, -0.25) is 0 Å². The van der Waals surface area contributed by atoms with Crippen LogP contribution >= 0.6 is 0 Å². The first-order valence-electron chi connectivity index (χ1n) is 7.33. The summed E-state index contributed by atoms with van der Waals surface area (Å²) in [6.45, 7) is 4.66. The van der Waals surface area contributed by atoms with Gasteiger partial charge in [-0.15, -0.1) is 0 Å². The Kier molecular flexibility index (Phi) is 3.80. The van der Waals surface area contributed by atoms with Crippen LogP contribution in [-0.2, 0) is 9.59 Å². The quantitative estimate of drug-likeness (QED) is 0.798. The van der Waals surface area contributed by atoms with E-state index >= 15 is 0 Å². The predicted octanol–water partition coefficient (Wildman–Crippen LogP) is 0.704. The fourth-order valence-corrected chi connectivity index (χ4v) is 5.53. The monoisotopic (exact) mass is 352 g/mol. The summed E-state index contributed by atoms with van der Waals surface area (Å²) in [5.74, 6) is 0.155. The average Bonchev–Trinajstić information content (AvgIpc) is 2.91. The fraction of sp³-hybridized carbons (Fsp3) is 0.500. The first-order chi connectivity index (χ1) is 9.99. The molecule has 0 spiro atoms. The van der Waals surface area contributed by atoms with Crippen molar-refractivity contribution >= 4 is 31.2 Å². The Labute approximate surface area is 131 Å². The molecule has 1 aromatic rings. The van der Waals surface area contributed by atoms with Crippen molar-refractivity contribution in [3.63, 3.8) is 0 Å². The van der Waals surface area contributed by atoms with Crippen LogP contribution in [0.4, 0.5) is 0 Å². The number of nitrogens with zero attached hydrogens (tertiary/aromatic N) is 1. The van der Waals surface area contributed by atoms with Crippen LogP contribution in [-0.4, -0.2) is 49.8 Å². The number of carbonyl (C=O) groups excluding carboxylic acids is 2. The van der Waals surface area contributed by atoms with Crippen molar-refractivity contribution in [3.8, 4) is 0 Å². The molecule has 4 nitrogen and oxygen atoms in total. The summed E-state index contributed by atoms with van der Waals surface area (Å²) < 4.78 is 1.20. The molecule has 2 aliphatic heterocycles. The second kappa shape index (κ2) is 5.47. The van der Waals surface area contributed by atoms with Crippen LogP contribution in [0, 0.1) is 0 Å². The van der Waals surface area contributed by atoms with Gasteiger partial charge in [0.1, 0.15) is 0 Å². The van der Waals surface area contributed by atoms with E-state index in [4.69, 9.17) is 0 Å². The molecule has 0 bridgehead atoms. The van der Waals surface area contributed by atoms with Crippen LogP contribution in [0.25, 0.3) is 0 Å². The van der Waals surface area contributed by atoms with E-state index in [-0.39, 0.29) is 37.6 Å². The summed E-state index contributed by atoms with van der Waals surface area (Å²) in [7, 11) is 0. The molecule has 112 valence electrons. The number of hydrogen-bond donors (Lipinski definition) is 1. The summed E-state index contributed by atoms with van der Waals surface area (Å²) in [5, 5.41) is 3.10. The number of carbonyl (C=O) groups is 2. The number of benzene rings is 1. The van der Waals surface area contributed by atoms with E-state index < -0.39 is 5.54 Å². The molecule has 1 N–H and O–H groups in total. The Hall–Kier alpha value is -1.32. The minimum absolute atomic E-state index is 0.00655. The number of fused-ring (bicyclic) bond motifs is 1. The van der Waals surface area contributed by atoms with Gasteiger partial charge >= 0.3 is 131 Å². The van der Waals surface area contributed by atoms with E-state index in [1.54, 1.807) is 4.90 Å². The molecule has 1 aromatic carbocycles. The molecule has 0 saturated carbocycles. The van der Waals surface area contributed by atoms with Crippen molar-refractivity contribution in [1.29, 1.82) is 0 Å². The van der Waals surface area contributed by atoms with Crippen LogP contribution in [0.2, 0.25) is 4.82 Å². The van der Waals surface area contributed by atoms with Gasteiger partial charge in [-0.1, -0.05) is 0 Å². The molecule has 2 amide bonds. The first kappa shape index (κ1) is 14.6. The molecular formula is C16H20N2O2Se. The number of amides is 2. The van der Waals surface area contributed by atoms with Crippen molar-refractivity contribution in [2.24, 2.45) is 0 Å². The zero-order valence-electron chi connectivity index (χ0n) is 12.3. The molecule has 2 heterocycles. The molecule has 0 aliphatic carbocycles. The van der Waals surface area contributed by atoms with E-state index in [1.807, 2.05) is 32.0 Å². The predicted molar refractivity (Wildman–Crippen MR) is 82.5 cm³/mol. The molecule has 21 heavy (non-hydrogen) atoms. The minimum atomic E-state index is -0.492. The van der Waals surface area contributed by atoms with Crippen molar-refractivity contribution in [3.05, 3.63) is 30.3 Å². The summed E-state index contributed by atoms with van der Waals surface area (Å²) in [5.41, 5.74) is -0.492. The van der Waals surface area contributed by atoms with Gasteiger partial charge in [0, 0.05) is 0 Å². The molecule has 2 fully saturated rings. The van der Waals surface area contributed by atoms with Gasteiger partial charge in [0.2, 0.25) is 0 Å². The van der Waals surface area contributed by atoms with Crippen molar-refractivity contribution in [2.75, 3.05) is 6.54 Å². The van der Waals surface area contributed by atoms with Crippen molar-refractivity contribution < 1.29 is 9.59 Å². The summed E-state index contributed by atoms with van der Waals surface area (Å²) >= 11 is 0.00655. The van der Waals surface area contributed by atoms with Gasteiger partial charge < -0.3 is 0 Å². The Bertz CT molecular complexity index is 559. The first-order valence-corrected chi connectivity index (χ1v) is 9.18. The van der Waals surface area contributed by atoms with Crippen molar-refractivity contribution in [1.82, 2.24) is 10.2 Å². The SMILES string of the molecule is CC1(C)NC(=O)[C@@H]2CCCN2C(=O)[C@@H]1[Se]c1ccccc1.